The lowest BCUT2D eigenvalue weighted by atomic mass is 9.97. The van der Waals surface area contributed by atoms with Crippen LogP contribution in [0.3, 0.4) is 0 Å². The maximum Gasteiger partial charge on any atom is 0.472 e. The number of rotatable bonds is 12. The number of hydrogen-bond acceptors (Lipinski definition) is 12. The molecule has 0 amide bonds. The molecule has 2 heterocycles. The van der Waals surface area contributed by atoms with Gasteiger partial charge in [-0.25, -0.2) is 9.55 Å². The predicted octanol–water partition coefficient (Wildman–Crippen LogP) is 2.07. The third-order valence-corrected chi connectivity index (χ3v) is 6.15. The Morgan fingerprint density at radius 3 is 2.54 bits per heavy atom. The topological polar surface area (TPSA) is 207 Å². The van der Waals surface area contributed by atoms with Gasteiger partial charge in [0.1, 0.15) is 18.6 Å². The molecule has 0 aliphatic heterocycles. The molecule has 0 saturated carbocycles. The zero-order chi connectivity index (χ0) is 28.8. The van der Waals surface area contributed by atoms with Crippen LogP contribution in [0, 0.1) is 5.41 Å². The quantitative estimate of drug-likeness (QED) is 0.124. The van der Waals surface area contributed by atoms with Crippen LogP contribution in [-0.4, -0.2) is 56.7 Å². The Balaban J connectivity index is 1.57. The van der Waals surface area contributed by atoms with Gasteiger partial charge in [-0.15, -0.1) is 0 Å². The number of aromatic nitrogens is 4. The SMILES string of the molecule is COC(=O)CC(OP(=O)(O)OCCOCn1cnc2c(=O)[nH]c(N)nc21)c1ccc(OC(=O)C(C)(C)C)cc1. The van der Waals surface area contributed by atoms with Crippen LogP contribution in [-0.2, 0) is 39.4 Å². The van der Waals surface area contributed by atoms with E-state index in [1.807, 2.05) is 0 Å². The third-order valence-electron chi connectivity index (χ3n) is 5.12. The Morgan fingerprint density at radius 2 is 1.90 bits per heavy atom. The molecule has 4 N–H and O–H groups in total. The summed E-state index contributed by atoms with van der Waals surface area (Å²) in [6.07, 6.45) is -0.251. The molecule has 212 valence electrons. The fraction of sp³-hybridized carbons (Fsp3) is 0.435. The smallest absolute Gasteiger partial charge is 0.469 e. The van der Waals surface area contributed by atoms with E-state index in [0.717, 1.165) is 0 Å². The van der Waals surface area contributed by atoms with Crippen LogP contribution >= 0.6 is 7.82 Å². The number of hydrogen-bond donors (Lipinski definition) is 3. The lowest BCUT2D eigenvalue weighted by molar-refractivity contribution is -0.143. The molecule has 0 bridgehead atoms. The molecule has 15 nitrogen and oxygen atoms in total. The molecule has 2 atom stereocenters. The minimum Gasteiger partial charge on any atom is -0.469 e. The molecule has 1 aromatic carbocycles. The van der Waals surface area contributed by atoms with E-state index >= 15 is 0 Å². The minimum atomic E-state index is -4.66. The van der Waals surface area contributed by atoms with Crippen LogP contribution < -0.4 is 16.0 Å². The van der Waals surface area contributed by atoms with Crippen molar-refractivity contribution in [2.24, 2.45) is 5.41 Å². The van der Waals surface area contributed by atoms with Crippen molar-refractivity contribution in [3.05, 3.63) is 46.5 Å². The summed E-state index contributed by atoms with van der Waals surface area (Å²) in [6.45, 7) is 4.56. The number of aromatic amines is 1. The number of fused-ring (bicyclic) bond motifs is 1. The van der Waals surface area contributed by atoms with E-state index in [0.29, 0.717) is 5.56 Å². The molecular formula is C23H30N5O10P. The highest BCUT2D eigenvalue weighted by Gasteiger charge is 2.30. The number of carbonyl (C=O) groups is 2. The van der Waals surface area contributed by atoms with E-state index in [1.54, 1.807) is 20.8 Å². The largest absolute Gasteiger partial charge is 0.472 e. The Morgan fingerprint density at radius 1 is 1.21 bits per heavy atom. The molecule has 2 aromatic heterocycles. The average Bonchev–Trinajstić information content (AvgIpc) is 3.26. The molecule has 3 rings (SSSR count). The number of nitrogens with one attached hydrogen (secondary N) is 1. The van der Waals surface area contributed by atoms with E-state index in [2.05, 4.69) is 19.7 Å². The van der Waals surface area contributed by atoms with E-state index in [-0.39, 0.29) is 49.2 Å². The van der Waals surface area contributed by atoms with Gasteiger partial charge in [-0.05, 0) is 38.5 Å². The van der Waals surface area contributed by atoms with E-state index in [4.69, 9.17) is 24.3 Å². The van der Waals surface area contributed by atoms with Crippen LogP contribution in [0.25, 0.3) is 11.2 Å². The molecule has 0 saturated heterocycles. The molecule has 39 heavy (non-hydrogen) atoms. The molecule has 0 fully saturated rings. The van der Waals surface area contributed by atoms with Crippen LogP contribution in [0.5, 0.6) is 5.75 Å². The van der Waals surface area contributed by atoms with Crippen molar-refractivity contribution >= 4 is 36.9 Å². The molecule has 0 spiro atoms. The van der Waals surface area contributed by atoms with Crippen molar-refractivity contribution in [2.45, 2.75) is 40.0 Å². The second-order valence-electron chi connectivity index (χ2n) is 9.26. The standard InChI is InChI=1S/C23H30N5O10P/c1-23(2,3)21(31)37-15-7-5-14(6-8-15)16(11-17(29)34-4)38-39(32,33)36-10-9-35-13-28-12-25-18-19(28)26-22(24)27-20(18)30/h5-8,12,16H,9-11,13H2,1-4H3,(H,32,33)(H3,24,26,27,30). The van der Waals surface area contributed by atoms with Crippen LogP contribution in [0.4, 0.5) is 5.95 Å². The molecule has 16 heteroatoms. The number of phosphoric ester groups is 1. The number of anilines is 1. The first-order chi connectivity index (χ1) is 18.3. The summed E-state index contributed by atoms with van der Waals surface area (Å²) in [5.41, 5.74) is 4.97. The fourth-order valence-electron chi connectivity index (χ4n) is 3.09. The maximum absolute atomic E-state index is 12.6. The summed E-state index contributed by atoms with van der Waals surface area (Å²) >= 11 is 0. The zero-order valence-corrected chi connectivity index (χ0v) is 22.7. The second kappa shape index (κ2) is 12.5. The molecule has 0 radical (unpaired) electrons. The number of esters is 2. The van der Waals surface area contributed by atoms with Crippen molar-refractivity contribution in [1.82, 2.24) is 19.5 Å². The van der Waals surface area contributed by atoms with Crippen molar-refractivity contribution in [1.29, 1.82) is 0 Å². The molecule has 0 aliphatic carbocycles. The number of nitrogens with two attached hydrogens (primary N) is 1. The highest BCUT2D eigenvalue weighted by Crippen LogP contribution is 2.48. The van der Waals surface area contributed by atoms with Crippen molar-refractivity contribution in [2.75, 3.05) is 26.1 Å². The Hall–Kier alpha value is -3.62. The second-order valence-corrected chi connectivity index (χ2v) is 10.7. The zero-order valence-electron chi connectivity index (χ0n) is 21.8. The van der Waals surface area contributed by atoms with Crippen molar-refractivity contribution in [3.8, 4) is 5.75 Å². The Bertz CT molecular complexity index is 1410. The first-order valence-corrected chi connectivity index (χ1v) is 13.1. The number of H-pyrrole nitrogens is 1. The number of nitrogen functional groups attached to an aromatic ring is 1. The number of benzene rings is 1. The van der Waals surface area contributed by atoms with E-state index in [9.17, 15) is 23.8 Å². The summed E-state index contributed by atoms with van der Waals surface area (Å²) in [4.78, 5) is 56.3. The third kappa shape index (κ3) is 8.43. The molecule has 3 aromatic rings. The highest BCUT2D eigenvalue weighted by molar-refractivity contribution is 7.47. The van der Waals surface area contributed by atoms with Crippen molar-refractivity contribution in [3.63, 3.8) is 0 Å². The summed E-state index contributed by atoms with van der Waals surface area (Å²) in [6, 6.07) is 5.92. The summed E-state index contributed by atoms with van der Waals surface area (Å²) in [7, 11) is -3.49. The maximum atomic E-state index is 12.6. The van der Waals surface area contributed by atoms with Crippen LogP contribution in [0.1, 0.15) is 38.9 Å². The molecular weight excluding hydrogens is 537 g/mol. The first kappa shape index (κ1) is 29.9. The Kier molecular flexibility index (Phi) is 9.59. The van der Waals surface area contributed by atoms with Gasteiger partial charge >= 0.3 is 19.8 Å². The van der Waals surface area contributed by atoms with Gasteiger partial charge in [0, 0.05) is 0 Å². The fourth-order valence-corrected chi connectivity index (χ4v) is 3.98. The van der Waals surface area contributed by atoms with E-state index < -0.39 is 36.8 Å². The van der Waals surface area contributed by atoms with Gasteiger partial charge in [-0.3, -0.25) is 33.0 Å². The van der Waals surface area contributed by atoms with Gasteiger partial charge in [0.05, 0.1) is 38.5 Å². The Labute approximate surface area is 222 Å². The van der Waals surface area contributed by atoms with Gasteiger partial charge in [0.2, 0.25) is 5.95 Å². The van der Waals surface area contributed by atoms with Crippen LogP contribution in [0.2, 0.25) is 0 Å². The van der Waals surface area contributed by atoms with Crippen molar-refractivity contribution < 1.29 is 42.3 Å². The number of imidazole rings is 1. The van der Waals surface area contributed by atoms with Gasteiger partial charge in [-0.2, -0.15) is 4.98 Å². The lowest BCUT2D eigenvalue weighted by Gasteiger charge is -2.21. The number of ether oxygens (including phenoxy) is 3. The number of phosphoric acid groups is 1. The van der Waals surface area contributed by atoms with Gasteiger partial charge in [0.15, 0.2) is 11.2 Å². The first-order valence-electron chi connectivity index (χ1n) is 11.6. The summed E-state index contributed by atoms with van der Waals surface area (Å²) in [5, 5.41) is 0. The molecule has 0 aliphatic rings. The van der Waals surface area contributed by atoms with Gasteiger partial charge in [0.25, 0.3) is 5.56 Å². The van der Waals surface area contributed by atoms with Crippen LogP contribution in [0.15, 0.2) is 35.4 Å². The number of nitrogens with zero attached hydrogens (tertiary/aromatic N) is 3. The summed E-state index contributed by atoms with van der Waals surface area (Å²) < 4.78 is 39.6. The summed E-state index contributed by atoms with van der Waals surface area (Å²) in [5.74, 6) is -0.960. The number of carbonyl (C=O) groups excluding carboxylic acids is 2. The lowest BCUT2D eigenvalue weighted by Crippen LogP contribution is -2.25. The monoisotopic (exact) mass is 567 g/mol. The van der Waals surface area contributed by atoms with Gasteiger partial charge in [-0.1, -0.05) is 12.1 Å². The predicted molar refractivity (Wildman–Crippen MR) is 136 cm³/mol. The minimum absolute atomic E-state index is 0.0781. The number of methoxy groups -OCH3 is 1. The molecule has 2 unspecified atom stereocenters. The van der Waals surface area contributed by atoms with Gasteiger partial charge < -0.3 is 24.8 Å². The normalized spacial score (nSPS) is 14.1. The average molecular weight is 567 g/mol. The highest BCUT2D eigenvalue weighted by atomic mass is 31.2. The van der Waals surface area contributed by atoms with E-state index in [1.165, 1.54) is 42.3 Å².